The molecular weight excluding hydrogens is 362 g/mol. The zero-order valence-corrected chi connectivity index (χ0v) is 16.0. The van der Waals surface area contributed by atoms with E-state index in [1.165, 1.54) is 0 Å². The van der Waals surface area contributed by atoms with Gasteiger partial charge in [0.1, 0.15) is 23.7 Å². The molecule has 0 aliphatic heterocycles. The van der Waals surface area contributed by atoms with Crippen LogP contribution < -0.4 is 10.1 Å². The molecule has 0 atom stereocenters. The topological polar surface area (TPSA) is 88.2 Å². The highest BCUT2D eigenvalue weighted by Gasteiger charge is 2.43. The van der Waals surface area contributed by atoms with Crippen LogP contribution in [0, 0.1) is 30.6 Å². The molecule has 1 aliphatic carbocycles. The summed E-state index contributed by atoms with van der Waals surface area (Å²) in [5, 5.41) is 13.8. The van der Waals surface area contributed by atoms with E-state index in [0.717, 1.165) is 22.7 Å². The second-order valence-corrected chi connectivity index (χ2v) is 8.22. The Labute approximate surface area is 160 Å². The van der Waals surface area contributed by atoms with E-state index in [1.54, 1.807) is 18.3 Å². The molecule has 138 valence electrons. The fourth-order valence-electron chi connectivity index (χ4n) is 3.01. The summed E-state index contributed by atoms with van der Waals surface area (Å²) in [5.74, 6) is 1.00. The number of hydrogen-bond acceptors (Lipinski definition) is 6. The summed E-state index contributed by atoms with van der Waals surface area (Å²) in [5.41, 5.74) is 0.752. The van der Waals surface area contributed by atoms with Crippen LogP contribution in [0.25, 0.3) is 11.0 Å². The molecule has 2 aromatic heterocycles. The number of ether oxygens (including phenoxy) is 1. The minimum absolute atomic E-state index is 0.219. The lowest BCUT2D eigenvalue weighted by atomic mass is 10.1. The molecule has 1 fully saturated rings. The van der Waals surface area contributed by atoms with Crippen molar-refractivity contribution in [1.82, 2.24) is 10.3 Å². The number of nitriles is 1. The lowest BCUT2D eigenvalue weighted by Crippen LogP contribution is -2.29. The third-order valence-electron chi connectivity index (χ3n) is 4.79. The molecule has 0 spiro atoms. The molecule has 1 saturated carbocycles. The summed E-state index contributed by atoms with van der Waals surface area (Å²) in [6, 6.07) is 7.75. The summed E-state index contributed by atoms with van der Waals surface area (Å²) < 4.78 is 11.6. The summed E-state index contributed by atoms with van der Waals surface area (Å²) in [7, 11) is 0. The first-order chi connectivity index (χ1) is 13.0. The van der Waals surface area contributed by atoms with E-state index >= 15 is 0 Å². The van der Waals surface area contributed by atoms with Crippen molar-refractivity contribution >= 4 is 28.2 Å². The van der Waals surface area contributed by atoms with Crippen LogP contribution in [-0.2, 0) is 6.61 Å². The number of hydrogen-bond donors (Lipinski definition) is 1. The van der Waals surface area contributed by atoms with Crippen molar-refractivity contribution in [2.45, 2.75) is 33.3 Å². The van der Waals surface area contributed by atoms with E-state index in [-0.39, 0.29) is 11.3 Å². The first kappa shape index (κ1) is 17.6. The molecule has 1 N–H and O–H groups in total. The Balaban J connectivity index is 1.54. The standard InChI is InChI=1S/C20H19N3O3S/c1-12-18(19(24)23-11-20(10-21)5-6-20)16-7-14(3-4-17(16)26-12)25-9-15-8-22-13(2)27-15/h3-4,7-8H,5-6,9,11H2,1-2H3,(H,23,24). The number of thiazole rings is 1. The van der Waals surface area contributed by atoms with Crippen LogP contribution in [0.2, 0.25) is 0 Å². The summed E-state index contributed by atoms with van der Waals surface area (Å²) >= 11 is 1.59. The largest absolute Gasteiger partial charge is 0.488 e. The van der Waals surface area contributed by atoms with Gasteiger partial charge in [0.25, 0.3) is 5.91 Å². The molecule has 1 aliphatic rings. The summed E-state index contributed by atoms with van der Waals surface area (Å²) in [4.78, 5) is 18.0. The first-order valence-electron chi connectivity index (χ1n) is 8.76. The van der Waals surface area contributed by atoms with E-state index in [1.807, 2.05) is 31.3 Å². The van der Waals surface area contributed by atoms with Gasteiger partial charge < -0.3 is 14.5 Å². The Morgan fingerprint density at radius 2 is 2.26 bits per heavy atom. The molecule has 0 unspecified atom stereocenters. The molecule has 0 saturated heterocycles. The van der Waals surface area contributed by atoms with Crippen molar-refractivity contribution in [3.05, 3.63) is 45.6 Å². The molecular formula is C20H19N3O3S. The maximum atomic E-state index is 12.7. The molecule has 0 bridgehead atoms. The number of aromatic nitrogens is 1. The van der Waals surface area contributed by atoms with Gasteiger partial charge in [-0.2, -0.15) is 5.26 Å². The number of benzene rings is 1. The Morgan fingerprint density at radius 3 is 2.93 bits per heavy atom. The quantitative estimate of drug-likeness (QED) is 0.694. The SMILES string of the molecule is Cc1ncc(COc2ccc3oc(C)c(C(=O)NCC4(C#N)CC4)c3c2)s1. The third kappa shape index (κ3) is 3.53. The molecule has 6 nitrogen and oxygen atoms in total. The van der Waals surface area contributed by atoms with Gasteiger partial charge in [-0.15, -0.1) is 11.3 Å². The highest BCUT2D eigenvalue weighted by molar-refractivity contribution is 7.11. The highest BCUT2D eigenvalue weighted by Crippen LogP contribution is 2.44. The fraction of sp³-hybridized carbons (Fsp3) is 0.350. The van der Waals surface area contributed by atoms with Crippen molar-refractivity contribution in [3.63, 3.8) is 0 Å². The van der Waals surface area contributed by atoms with E-state index in [4.69, 9.17) is 9.15 Å². The van der Waals surface area contributed by atoms with E-state index < -0.39 is 0 Å². The fourth-order valence-corrected chi connectivity index (χ4v) is 3.72. The van der Waals surface area contributed by atoms with Crippen LogP contribution in [0.1, 0.15) is 38.8 Å². The van der Waals surface area contributed by atoms with Gasteiger partial charge in [0.2, 0.25) is 0 Å². The number of nitrogens with zero attached hydrogens (tertiary/aromatic N) is 2. The Morgan fingerprint density at radius 1 is 1.44 bits per heavy atom. The third-order valence-corrected chi connectivity index (χ3v) is 5.68. The van der Waals surface area contributed by atoms with Gasteiger partial charge in [-0.1, -0.05) is 0 Å². The number of aryl methyl sites for hydroxylation is 2. The van der Waals surface area contributed by atoms with Crippen LogP contribution in [-0.4, -0.2) is 17.4 Å². The first-order valence-corrected chi connectivity index (χ1v) is 9.58. The molecule has 27 heavy (non-hydrogen) atoms. The van der Waals surface area contributed by atoms with Gasteiger partial charge in [-0.3, -0.25) is 4.79 Å². The van der Waals surface area contributed by atoms with Crippen LogP contribution in [0.4, 0.5) is 0 Å². The van der Waals surface area contributed by atoms with Crippen LogP contribution >= 0.6 is 11.3 Å². The highest BCUT2D eigenvalue weighted by atomic mass is 32.1. The maximum Gasteiger partial charge on any atom is 0.255 e. The van der Waals surface area contributed by atoms with Crippen LogP contribution in [0.15, 0.2) is 28.8 Å². The Kier molecular flexibility index (Phi) is 4.36. The van der Waals surface area contributed by atoms with Crippen LogP contribution in [0.5, 0.6) is 5.75 Å². The van der Waals surface area contributed by atoms with Gasteiger partial charge in [0.05, 0.1) is 26.9 Å². The predicted molar refractivity (Wildman–Crippen MR) is 102 cm³/mol. The zero-order valence-electron chi connectivity index (χ0n) is 15.2. The number of rotatable bonds is 6. The summed E-state index contributed by atoms with van der Waals surface area (Å²) in [6.45, 7) is 4.53. The van der Waals surface area contributed by atoms with E-state index in [0.29, 0.717) is 41.2 Å². The Bertz CT molecular complexity index is 1060. The van der Waals surface area contributed by atoms with Gasteiger partial charge in [0.15, 0.2) is 0 Å². The average molecular weight is 381 g/mol. The zero-order chi connectivity index (χ0) is 19.0. The van der Waals surface area contributed by atoms with E-state index in [9.17, 15) is 10.1 Å². The van der Waals surface area contributed by atoms with Crippen molar-refractivity contribution in [2.24, 2.45) is 5.41 Å². The second kappa shape index (κ2) is 6.71. The van der Waals surface area contributed by atoms with Gasteiger partial charge in [0, 0.05) is 18.1 Å². The van der Waals surface area contributed by atoms with Crippen molar-refractivity contribution in [3.8, 4) is 11.8 Å². The normalized spacial score (nSPS) is 14.7. The second-order valence-electron chi connectivity index (χ2n) is 6.90. The number of furan rings is 1. The molecule has 1 aromatic carbocycles. The van der Waals surface area contributed by atoms with Crippen molar-refractivity contribution < 1.29 is 13.9 Å². The number of fused-ring (bicyclic) bond motifs is 1. The lowest BCUT2D eigenvalue weighted by molar-refractivity contribution is 0.0948. The minimum atomic E-state index is -0.385. The molecule has 1 amide bonds. The molecule has 0 radical (unpaired) electrons. The number of nitrogens with one attached hydrogen (secondary N) is 1. The predicted octanol–water partition coefficient (Wildman–Crippen LogP) is 4.12. The van der Waals surface area contributed by atoms with Crippen LogP contribution in [0.3, 0.4) is 0 Å². The number of amides is 1. The molecule has 7 heteroatoms. The maximum absolute atomic E-state index is 12.7. The lowest BCUT2D eigenvalue weighted by Gasteiger charge is -2.08. The van der Waals surface area contributed by atoms with Gasteiger partial charge >= 0.3 is 0 Å². The van der Waals surface area contributed by atoms with E-state index in [2.05, 4.69) is 16.4 Å². The van der Waals surface area contributed by atoms with Gasteiger partial charge in [-0.05, 0) is 44.9 Å². The van der Waals surface area contributed by atoms with Crippen molar-refractivity contribution in [1.29, 1.82) is 5.26 Å². The monoisotopic (exact) mass is 381 g/mol. The number of carbonyl (C=O) groups is 1. The minimum Gasteiger partial charge on any atom is -0.488 e. The van der Waals surface area contributed by atoms with Crippen molar-refractivity contribution in [2.75, 3.05) is 6.54 Å². The molecule has 4 rings (SSSR count). The Hall–Kier alpha value is -2.85. The molecule has 3 aromatic rings. The molecule has 2 heterocycles. The summed E-state index contributed by atoms with van der Waals surface area (Å²) in [6.07, 6.45) is 3.48. The average Bonchev–Trinajstić information content (AvgIpc) is 3.21. The smallest absolute Gasteiger partial charge is 0.255 e. The van der Waals surface area contributed by atoms with Gasteiger partial charge in [-0.25, -0.2) is 4.98 Å². The number of carbonyl (C=O) groups excluding carboxylic acids is 1.